The van der Waals surface area contributed by atoms with E-state index in [2.05, 4.69) is 45.9 Å². The number of allylic oxidation sites excluding steroid dienone is 2. The first-order valence-corrected chi connectivity index (χ1v) is 10.4. The third-order valence-electron chi connectivity index (χ3n) is 5.74. The van der Waals surface area contributed by atoms with Gasteiger partial charge in [0.25, 0.3) is 0 Å². The molecule has 4 heteroatoms. The van der Waals surface area contributed by atoms with Crippen LogP contribution >= 0.6 is 9.03 Å². The van der Waals surface area contributed by atoms with Crippen LogP contribution in [0.4, 0.5) is 0 Å². The number of fused-ring (bicyclic) bond motifs is 3. The molecule has 1 aliphatic carbocycles. The summed E-state index contributed by atoms with van der Waals surface area (Å²) in [5, 5.41) is 0. The smallest absolute Gasteiger partial charge is 0.212 e. The van der Waals surface area contributed by atoms with Crippen LogP contribution in [0.1, 0.15) is 76.8 Å². The fourth-order valence-electron chi connectivity index (χ4n) is 4.42. The SMILES string of the molecule is CCCCCc1cc(OPO)c2c(c1)OC(C)(C)C1CCC(C)=CC21. The molecule has 1 aliphatic heterocycles. The lowest BCUT2D eigenvalue weighted by Gasteiger charge is -2.46. The molecule has 3 atom stereocenters. The zero-order valence-electron chi connectivity index (χ0n) is 15.9. The largest absolute Gasteiger partial charge is 0.487 e. The Balaban J connectivity index is 2.04. The first-order chi connectivity index (χ1) is 12.0. The van der Waals surface area contributed by atoms with Gasteiger partial charge in [-0.3, -0.25) is 0 Å². The molecule has 0 saturated heterocycles. The molecule has 0 bridgehead atoms. The van der Waals surface area contributed by atoms with Gasteiger partial charge in [0.2, 0.25) is 9.03 Å². The molecule has 0 saturated carbocycles. The van der Waals surface area contributed by atoms with Gasteiger partial charge in [-0.2, -0.15) is 0 Å². The summed E-state index contributed by atoms with van der Waals surface area (Å²) in [7, 11) is -0.539. The van der Waals surface area contributed by atoms with Crippen LogP contribution in [-0.4, -0.2) is 10.5 Å². The van der Waals surface area contributed by atoms with Gasteiger partial charge in [0.05, 0.1) is 0 Å². The number of aryl methyl sites for hydroxylation is 1. The summed E-state index contributed by atoms with van der Waals surface area (Å²) in [6, 6.07) is 4.32. The number of hydrogen-bond acceptors (Lipinski definition) is 3. The molecule has 3 unspecified atom stereocenters. The average molecular weight is 362 g/mol. The number of hydrogen-bond donors (Lipinski definition) is 1. The van der Waals surface area contributed by atoms with Gasteiger partial charge < -0.3 is 14.2 Å². The van der Waals surface area contributed by atoms with Crippen molar-refractivity contribution in [2.24, 2.45) is 5.92 Å². The van der Waals surface area contributed by atoms with Gasteiger partial charge in [-0.1, -0.05) is 31.4 Å². The Morgan fingerprint density at radius 2 is 2.12 bits per heavy atom. The van der Waals surface area contributed by atoms with Gasteiger partial charge in [0.15, 0.2) is 0 Å². The predicted molar refractivity (Wildman–Crippen MR) is 105 cm³/mol. The van der Waals surface area contributed by atoms with E-state index in [-0.39, 0.29) is 5.60 Å². The predicted octanol–water partition coefficient (Wildman–Crippen LogP) is 5.91. The second-order valence-corrected chi connectivity index (χ2v) is 8.43. The Hall–Kier alpha value is -1.05. The molecule has 1 aromatic rings. The van der Waals surface area contributed by atoms with Crippen molar-refractivity contribution >= 4 is 9.03 Å². The normalized spacial score (nSPS) is 24.4. The monoisotopic (exact) mass is 362 g/mol. The average Bonchev–Trinajstić information content (AvgIpc) is 2.54. The lowest BCUT2D eigenvalue weighted by atomic mass is 9.68. The van der Waals surface area contributed by atoms with Gasteiger partial charge in [-0.05, 0) is 64.2 Å². The second kappa shape index (κ2) is 7.68. The van der Waals surface area contributed by atoms with Crippen molar-refractivity contribution in [1.29, 1.82) is 0 Å². The molecule has 3 nitrogen and oxygen atoms in total. The highest BCUT2D eigenvalue weighted by Gasteiger charge is 2.45. The van der Waals surface area contributed by atoms with E-state index in [4.69, 9.17) is 9.26 Å². The molecule has 0 radical (unpaired) electrons. The van der Waals surface area contributed by atoms with Crippen molar-refractivity contribution in [2.75, 3.05) is 0 Å². The number of benzene rings is 1. The molecule has 1 aromatic carbocycles. The fourth-order valence-corrected chi connectivity index (χ4v) is 4.69. The minimum atomic E-state index is -0.539. The minimum Gasteiger partial charge on any atom is -0.487 e. The highest BCUT2D eigenvalue weighted by molar-refractivity contribution is 7.25. The summed E-state index contributed by atoms with van der Waals surface area (Å²) in [6.45, 7) is 8.85. The Kier molecular flexibility index (Phi) is 5.75. The zero-order valence-corrected chi connectivity index (χ0v) is 16.9. The molecular weight excluding hydrogens is 331 g/mol. The van der Waals surface area contributed by atoms with E-state index in [1.165, 1.54) is 30.4 Å². The van der Waals surface area contributed by atoms with E-state index >= 15 is 0 Å². The van der Waals surface area contributed by atoms with Crippen LogP contribution in [0.15, 0.2) is 23.8 Å². The van der Waals surface area contributed by atoms with Gasteiger partial charge in [0, 0.05) is 17.4 Å². The maximum absolute atomic E-state index is 9.43. The summed E-state index contributed by atoms with van der Waals surface area (Å²) in [4.78, 5) is 9.43. The van der Waals surface area contributed by atoms with Gasteiger partial charge in [0.1, 0.15) is 17.1 Å². The van der Waals surface area contributed by atoms with E-state index in [1.807, 2.05) is 0 Å². The Morgan fingerprint density at radius 1 is 1.32 bits per heavy atom. The summed E-state index contributed by atoms with van der Waals surface area (Å²) in [5.74, 6) is 2.50. The van der Waals surface area contributed by atoms with Gasteiger partial charge in [-0.15, -0.1) is 0 Å². The molecule has 1 N–H and O–H groups in total. The van der Waals surface area contributed by atoms with E-state index in [0.717, 1.165) is 36.3 Å². The fraction of sp³-hybridized carbons (Fsp3) is 0.619. The molecule has 0 spiro atoms. The molecular formula is C21H31O3P. The molecule has 1 heterocycles. The molecule has 2 aliphatic rings. The van der Waals surface area contributed by atoms with E-state index in [1.54, 1.807) is 0 Å². The van der Waals surface area contributed by atoms with Crippen LogP contribution in [0.3, 0.4) is 0 Å². The van der Waals surface area contributed by atoms with E-state index < -0.39 is 9.03 Å². The van der Waals surface area contributed by atoms with Crippen LogP contribution in [0.25, 0.3) is 0 Å². The lowest BCUT2D eigenvalue weighted by molar-refractivity contribution is 0.0110. The summed E-state index contributed by atoms with van der Waals surface area (Å²) >= 11 is 0. The standard InChI is InChI=1S/C21H31O3P/c1-5-6-7-8-15-12-18-20(19(13-15)24-25-22)16-11-14(2)9-10-17(16)21(3,4)23-18/h11-13,16-17,22,25H,5-10H2,1-4H3. The highest BCUT2D eigenvalue weighted by Crippen LogP contribution is 2.54. The summed E-state index contributed by atoms with van der Waals surface area (Å²) in [5.41, 5.74) is 3.63. The van der Waals surface area contributed by atoms with Crippen molar-refractivity contribution in [1.82, 2.24) is 0 Å². The Labute approximate surface area is 153 Å². The lowest BCUT2D eigenvalue weighted by Crippen LogP contribution is -2.45. The van der Waals surface area contributed by atoms with Crippen molar-refractivity contribution < 1.29 is 14.2 Å². The second-order valence-electron chi connectivity index (χ2n) is 8.05. The van der Waals surface area contributed by atoms with Crippen molar-refractivity contribution in [2.45, 2.75) is 77.7 Å². The Morgan fingerprint density at radius 3 is 2.84 bits per heavy atom. The van der Waals surface area contributed by atoms with E-state index in [9.17, 15) is 4.89 Å². The molecule has 25 heavy (non-hydrogen) atoms. The van der Waals surface area contributed by atoms with Crippen molar-refractivity contribution in [3.05, 3.63) is 34.9 Å². The number of ether oxygens (including phenoxy) is 1. The Bertz CT molecular complexity index is 651. The molecule has 0 aromatic heterocycles. The zero-order chi connectivity index (χ0) is 18.0. The van der Waals surface area contributed by atoms with E-state index in [0.29, 0.717) is 11.8 Å². The van der Waals surface area contributed by atoms with Gasteiger partial charge >= 0.3 is 0 Å². The molecule has 3 rings (SSSR count). The maximum atomic E-state index is 9.43. The van der Waals surface area contributed by atoms with Crippen LogP contribution in [-0.2, 0) is 6.42 Å². The highest BCUT2D eigenvalue weighted by atomic mass is 31.1. The van der Waals surface area contributed by atoms with Crippen molar-refractivity contribution in [3.8, 4) is 11.5 Å². The van der Waals surface area contributed by atoms with Crippen molar-refractivity contribution in [3.63, 3.8) is 0 Å². The minimum absolute atomic E-state index is 0.185. The number of unbranched alkanes of at least 4 members (excludes halogenated alkanes) is 2. The van der Waals surface area contributed by atoms with Crippen LogP contribution in [0.2, 0.25) is 0 Å². The summed E-state index contributed by atoms with van der Waals surface area (Å²) in [6.07, 6.45) is 9.30. The molecule has 0 fully saturated rings. The van der Waals surface area contributed by atoms with Crippen LogP contribution in [0.5, 0.6) is 11.5 Å². The first kappa shape index (κ1) is 18.7. The molecule has 138 valence electrons. The number of rotatable bonds is 6. The van der Waals surface area contributed by atoms with Gasteiger partial charge in [-0.25, -0.2) is 0 Å². The first-order valence-electron chi connectivity index (χ1n) is 9.55. The third-order valence-corrected chi connectivity index (χ3v) is 6.05. The quantitative estimate of drug-likeness (QED) is 0.388. The van der Waals surface area contributed by atoms with Crippen LogP contribution in [0, 0.1) is 5.92 Å². The van der Waals surface area contributed by atoms with Crippen LogP contribution < -0.4 is 9.26 Å². The summed E-state index contributed by atoms with van der Waals surface area (Å²) < 4.78 is 12.1. The maximum Gasteiger partial charge on any atom is 0.212 e. The third kappa shape index (κ3) is 3.88. The molecule has 0 amide bonds. The topological polar surface area (TPSA) is 38.7 Å².